The van der Waals surface area contributed by atoms with Crippen molar-refractivity contribution in [2.24, 2.45) is 10.9 Å². The Morgan fingerprint density at radius 2 is 2.20 bits per heavy atom. The van der Waals surface area contributed by atoms with Crippen molar-refractivity contribution in [3.05, 3.63) is 34.9 Å². The van der Waals surface area contributed by atoms with Crippen molar-refractivity contribution in [3.8, 4) is 0 Å². The van der Waals surface area contributed by atoms with Crippen LogP contribution in [0.5, 0.6) is 0 Å². The summed E-state index contributed by atoms with van der Waals surface area (Å²) in [5, 5.41) is 3.26. The topological polar surface area (TPSA) is 80.2 Å². The Bertz CT molecular complexity index is 688. The molecule has 1 fully saturated rings. The highest BCUT2D eigenvalue weighted by atomic mass is 35.5. The predicted octanol–water partition coefficient (Wildman–Crippen LogP) is 1.38. The highest BCUT2D eigenvalue weighted by molar-refractivity contribution is 6.30. The van der Waals surface area contributed by atoms with E-state index in [1.807, 2.05) is 11.0 Å². The molecule has 0 bridgehead atoms. The van der Waals surface area contributed by atoms with Gasteiger partial charge in [-0.3, -0.25) is 14.9 Å². The molecule has 2 aliphatic heterocycles. The fourth-order valence-electron chi connectivity index (χ4n) is 2.93. The number of morpholine rings is 1. The van der Waals surface area contributed by atoms with Crippen LogP contribution in [0.2, 0.25) is 5.02 Å². The molecule has 0 radical (unpaired) electrons. The summed E-state index contributed by atoms with van der Waals surface area (Å²) < 4.78 is 10.4. The minimum Gasteiger partial charge on any atom is -0.465 e. The van der Waals surface area contributed by atoms with Crippen molar-refractivity contribution in [2.45, 2.75) is 13.0 Å². The average Bonchev–Trinajstić information content (AvgIpc) is 2.62. The second-order valence-corrected chi connectivity index (χ2v) is 6.21. The van der Waals surface area contributed by atoms with Crippen LogP contribution in [0.15, 0.2) is 29.3 Å². The van der Waals surface area contributed by atoms with E-state index in [0.717, 1.165) is 0 Å². The van der Waals surface area contributed by atoms with Gasteiger partial charge in [-0.2, -0.15) is 0 Å². The first-order valence-electron chi connectivity index (χ1n) is 8.23. The summed E-state index contributed by atoms with van der Waals surface area (Å²) in [7, 11) is 0. The summed E-state index contributed by atoms with van der Waals surface area (Å²) in [5.74, 6) is -1.59. The number of carbonyl (C=O) groups excluding carboxylic acids is 2. The van der Waals surface area contributed by atoms with Crippen LogP contribution in [0.25, 0.3) is 0 Å². The van der Waals surface area contributed by atoms with Gasteiger partial charge in [-0.25, -0.2) is 4.99 Å². The molecule has 1 aromatic carbocycles. The van der Waals surface area contributed by atoms with E-state index in [4.69, 9.17) is 21.1 Å². The normalized spacial score (nSPS) is 23.7. The molecule has 7 nitrogen and oxygen atoms in total. The molecule has 1 amide bonds. The van der Waals surface area contributed by atoms with Crippen molar-refractivity contribution in [1.29, 1.82) is 0 Å². The Kier molecular flexibility index (Phi) is 5.55. The summed E-state index contributed by atoms with van der Waals surface area (Å²) in [5.41, 5.74) is 0.700. The molecule has 2 heterocycles. The molecule has 8 heteroatoms. The number of ether oxygens (including phenoxy) is 2. The Labute approximate surface area is 150 Å². The van der Waals surface area contributed by atoms with Crippen molar-refractivity contribution < 1.29 is 19.1 Å². The number of hydrogen-bond donors (Lipinski definition) is 1. The third-order valence-corrected chi connectivity index (χ3v) is 4.37. The molecule has 0 aromatic heterocycles. The summed E-state index contributed by atoms with van der Waals surface area (Å²) in [6.07, 6.45) is 0. The van der Waals surface area contributed by atoms with Gasteiger partial charge < -0.3 is 14.4 Å². The first-order chi connectivity index (χ1) is 12.1. The van der Waals surface area contributed by atoms with Crippen LogP contribution < -0.4 is 5.32 Å². The van der Waals surface area contributed by atoms with Gasteiger partial charge in [-0.15, -0.1) is 0 Å². The van der Waals surface area contributed by atoms with E-state index in [0.29, 0.717) is 42.8 Å². The molecule has 0 spiro atoms. The summed E-state index contributed by atoms with van der Waals surface area (Å²) in [4.78, 5) is 31.6. The molecule has 1 N–H and O–H groups in total. The van der Waals surface area contributed by atoms with Gasteiger partial charge in [0.1, 0.15) is 6.04 Å². The number of esters is 1. The second-order valence-electron chi connectivity index (χ2n) is 5.77. The molecule has 25 heavy (non-hydrogen) atoms. The molecule has 3 rings (SSSR count). The number of nitrogens with zero attached hydrogens (tertiary/aromatic N) is 2. The number of nitrogens with one attached hydrogen (secondary N) is 1. The van der Waals surface area contributed by atoms with Crippen LogP contribution >= 0.6 is 11.6 Å². The van der Waals surface area contributed by atoms with Crippen molar-refractivity contribution in [2.75, 3.05) is 32.9 Å². The summed E-state index contributed by atoms with van der Waals surface area (Å²) in [6.45, 7) is 4.30. The quantitative estimate of drug-likeness (QED) is 0.646. The number of benzene rings is 1. The lowest BCUT2D eigenvalue weighted by molar-refractivity contribution is -0.153. The Morgan fingerprint density at radius 1 is 1.44 bits per heavy atom. The van der Waals surface area contributed by atoms with E-state index in [1.165, 1.54) is 0 Å². The SMILES string of the molecule is CCOC(=O)[C@@H]1C(=O)NC(N2CCOCC2)=N[C@@H]1c1cccc(Cl)c1. The first-order valence-corrected chi connectivity index (χ1v) is 8.61. The molecule has 0 saturated carbocycles. The third kappa shape index (κ3) is 3.93. The molecule has 134 valence electrons. The van der Waals surface area contributed by atoms with Crippen LogP contribution in [-0.2, 0) is 19.1 Å². The fraction of sp³-hybridized carbons (Fsp3) is 0.471. The van der Waals surface area contributed by atoms with Crippen LogP contribution in [-0.4, -0.2) is 55.6 Å². The maximum Gasteiger partial charge on any atom is 0.321 e. The summed E-state index contributed by atoms with van der Waals surface area (Å²) in [6, 6.07) is 6.36. The minimum atomic E-state index is -1.04. The highest BCUT2D eigenvalue weighted by Crippen LogP contribution is 2.32. The van der Waals surface area contributed by atoms with E-state index < -0.39 is 23.8 Å². The van der Waals surface area contributed by atoms with Crippen molar-refractivity contribution >= 4 is 29.4 Å². The summed E-state index contributed by atoms with van der Waals surface area (Å²) >= 11 is 6.08. The lowest BCUT2D eigenvalue weighted by atomic mass is 9.91. The van der Waals surface area contributed by atoms with Crippen molar-refractivity contribution in [3.63, 3.8) is 0 Å². The van der Waals surface area contributed by atoms with Crippen LogP contribution in [0.1, 0.15) is 18.5 Å². The minimum absolute atomic E-state index is 0.199. The van der Waals surface area contributed by atoms with Crippen molar-refractivity contribution in [1.82, 2.24) is 10.2 Å². The molecular formula is C17H20ClN3O4. The number of amides is 1. The molecule has 1 saturated heterocycles. The zero-order valence-electron chi connectivity index (χ0n) is 13.9. The van der Waals surface area contributed by atoms with Gasteiger partial charge in [-0.1, -0.05) is 23.7 Å². The molecular weight excluding hydrogens is 346 g/mol. The lowest BCUT2D eigenvalue weighted by Crippen LogP contribution is -2.55. The van der Waals surface area contributed by atoms with Gasteiger partial charge in [0.25, 0.3) is 0 Å². The molecule has 1 aromatic rings. The molecule has 2 aliphatic rings. The number of carbonyl (C=O) groups is 2. The number of guanidine groups is 1. The van der Waals surface area contributed by atoms with Gasteiger partial charge in [0, 0.05) is 18.1 Å². The fourth-order valence-corrected chi connectivity index (χ4v) is 3.13. The zero-order valence-corrected chi connectivity index (χ0v) is 14.7. The predicted molar refractivity (Wildman–Crippen MR) is 92.3 cm³/mol. The maximum absolute atomic E-state index is 12.6. The van der Waals surface area contributed by atoms with Gasteiger partial charge >= 0.3 is 5.97 Å². The van der Waals surface area contributed by atoms with Gasteiger partial charge in [0.05, 0.1) is 19.8 Å². The van der Waals surface area contributed by atoms with Crippen LogP contribution in [0.3, 0.4) is 0 Å². The zero-order chi connectivity index (χ0) is 17.8. The smallest absolute Gasteiger partial charge is 0.321 e. The Morgan fingerprint density at radius 3 is 2.88 bits per heavy atom. The molecule has 0 unspecified atom stereocenters. The van der Waals surface area contributed by atoms with Crippen LogP contribution in [0.4, 0.5) is 0 Å². The van der Waals surface area contributed by atoms with E-state index >= 15 is 0 Å². The average molecular weight is 366 g/mol. The maximum atomic E-state index is 12.6. The number of rotatable bonds is 3. The highest BCUT2D eigenvalue weighted by Gasteiger charge is 2.42. The first kappa shape index (κ1) is 17.7. The monoisotopic (exact) mass is 365 g/mol. The van der Waals surface area contributed by atoms with Crippen LogP contribution in [0, 0.1) is 5.92 Å². The van der Waals surface area contributed by atoms with E-state index in [-0.39, 0.29) is 6.61 Å². The van der Waals surface area contributed by atoms with Gasteiger partial charge in [-0.05, 0) is 24.6 Å². The Balaban J connectivity index is 1.97. The van der Waals surface area contributed by atoms with Gasteiger partial charge in [0.2, 0.25) is 11.9 Å². The number of hydrogen-bond acceptors (Lipinski definition) is 6. The number of halogens is 1. The lowest BCUT2D eigenvalue weighted by Gasteiger charge is -2.35. The van der Waals surface area contributed by atoms with E-state index in [9.17, 15) is 9.59 Å². The molecule has 0 aliphatic carbocycles. The van der Waals surface area contributed by atoms with E-state index in [2.05, 4.69) is 10.3 Å². The number of aliphatic imine (C=N–C) groups is 1. The second kappa shape index (κ2) is 7.84. The van der Waals surface area contributed by atoms with Gasteiger partial charge in [0.15, 0.2) is 5.92 Å². The Hall–Kier alpha value is -2.12. The largest absolute Gasteiger partial charge is 0.465 e. The molecule has 2 atom stereocenters. The van der Waals surface area contributed by atoms with E-state index in [1.54, 1.807) is 25.1 Å². The third-order valence-electron chi connectivity index (χ3n) is 4.14. The standard InChI is InChI=1S/C17H20ClN3O4/c1-2-25-16(23)13-14(11-4-3-5-12(18)10-11)19-17(20-15(13)22)21-6-8-24-9-7-21/h3-5,10,13-14H,2,6-9H2,1H3,(H,19,20,22)/t13-,14+/m0/s1.